The molecule has 1 aromatic heterocycles. The van der Waals surface area contributed by atoms with Crippen LogP contribution in [0.3, 0.4) is 0 Å². The van der Waals surface area contributed by atoms with Gasteiger partial charge in [0.25, 0.3) is 0 Å². The molecule has 0 radical (unpaired) electrons. The summed E-state index contributed by atoms with van der Waals surface area (Å²) < 4.78 is 1.69. The van der Waals surface area contributed by atoms with Gasteiger partial charge in [0.05, 0.1) is 40.5 Å². The van der Waals surface area contributed by atoms with Crippen LogP contribution in [0.5, 0.6) is 0 Å². The van der Waals surface area contributed by atoms with E-state index >= 15 is 0 Å². The summed E-state index contributed by atoms with van der Waals surface area (Å²) >= 11 is 0. The van der Waals surface area contributed by atoms with Crippen molar-refractivity contribution in [2.45, 2.75) is 38.8 Å². The van der Waals surface area contributed by atoms with Crippen molar-refractivity contribution in [3.05, 3.63) is 65.5 Å². The molecule has 1 N–H and O–H groups in total. The van der Waals surface area contributed by atoms with Crippen molar-refractivity contribution in [3.8, 4) is 12.1 Å². The lowest BCUT2D eigenvalue weighted by Gasteiger charge is -2.19. The maximum absolute atomic E-state index is 12.5. The molecule has 0 spiro atoms. The van der Waals surface area contributed by atoms with Gasteiger partial charge in [0.2, 0.25) is 5.91 Å². The number of hydrogen-bond acceptors (Lipinski definition) is 4. The molecular formula is C22H21N5O. The molecule has 0 aliphatic carbocycles. The van der Waals surface area contributed by atoms with Crippen molar-refractivity contribution < 1.29 is 4.79 Å². The fourth-order valence-electron chi connectivity index (χ4n) is 3.12. The number of imidazole rings is 1. The number of fused-ring (bicyclic) bond motifs is 1. The normalized spacial score (nSPS) is 12.2. The van der Waals surface area contributed by atoms with E-state index in [2.05, 4.69) is 22.4 Å². The van der Waals surface area contributed by atoms with Gasteiger partial charge in [-0.15, -0.1) is 0 Å². The maximum Gasteiger partial charge on any atom is 0.240 e. The van der Waals surface area contributed by atoms with Gasteiger partial charge in [0.15, 0.2) is 0 Å². The molecule has 0 fully saturated rings. The first-order valence-corrected chi connectivity index (χ1v) is 9.00. The SMILES string of the molecule is CC(NC(=O)Cn1cnc2cccc(C#N)c21)c1ccc(C(C)(C)C#N)cc1. The number of aromatic nitrogens is 2. The summed E-state index contributed by atoms with van der Waals surface area (Å²) in [4.78, 5) is 16.8. The number of para-hydroxylation sites is 1. The van der Waals surface area contributed by atoms with Crippen LogP contribution in [0.2, 0.25) is 0 Å². The number of carbonyl (C=O) groups excluding carboxylic acids is 1. The number of carbonyl (C=O) groups is 1. The van der Waals surface area contributed by atoms with Crippen molar-refractivity contribution in [3.63, 3.8) is 0 Å². The van der Waals surface area contributed by atoms with Crippen LogP contribution in [0.15, 0.2) is 48.8 Å². The summed E-state index contributed by atoms with van der Waals surface area (Å²) in [5.74, 6) is -0.166. The van der Waals surface area contributed by atoms with Crippen molar-refractivity contribution in [2.75, 3.05) is 0 Å². The minimum Gasteiger partial charge on any atom is -0.348 e. The van der Waals surface area contributed by atoms with Crippen LogP contribution in [0, 0.1) is 22.7 Å². The smallest absolute Gasteiger partial charge is 0.240 e. The Morgan fingerprint density at radius 2 is 1.93 bits per heavy atom. The van der Waals surface area contributed by atoms with Crippen LogP contribution in [-0.2, 0) is 16.8 Å². The van der Waals surface area contributed by atoms with Crippen molar-refractivity contribution in [1.29, 1.82) is 10.5 Å². The van der Waals surface area contributed by atoms with Crippen LogP contribution in [0.4, 0.5) is 0 Å². The van der Waals surface area contributed by atoms with E-state index in [0.29, 0.717) is 16.6 Å². The minimum atomic E-state index is -0.550. The van der Waals surface area contributed by atoms with Crippen LogP contribution >= 0.6 is 0 Å². The number of amides is 1. The number of nitrogens with one attached hydrogen (secondary N) is 1. The number of nitriles is 2. The molecule has 3 rings (SSSR count). The third-order valence-corrected chi connectivity index (χ3v) is 4.86. The third kappa shape index (κ3) is 3.72. The Hall–Kier alpha value is -3.64. The zero-order valence-corrected chi connectivity index (χ0v) is 16.1. The molecule has 3 aromatic rings. The van der Waals surface area contributed by atoms with Gasteiger partial charge in [-0.1, -0.05) is 30.3 Å². The first-order valence-electron chi connectivity index (χ1n) is 9.00. The predicted octanol–water partition coefficient (Wildman–Crippen LogP) is 3.59. The fraction of sp³-hybridized carbons (Fsp3) is 0.273. The van der Waals surface area contributed by atoms with E-state index in [4.69, 9.17) is 0 Å². The highest BCUT2D eigenvalue weighted by Gasteiger charge is 2.20. The van der Waals surface area contributed by atoms with E-state index < -0.39 is 5.41 Å². The molecule has 6 heteroatoms. The van der Waals surface area contributed by atoms with Gasteiger partial charge in [0, 0.05) is 0 Å². The number of hydrogen-bond donors (Lipinski definition) is 1. The molecule has 0 aliphatic heterocycles. The largest absolute Gasteiger partial charge is 0.348 e. The topological polar surface area (TPSA) is 94.5 Å². The van der Waals surface area contributed by atoms with Gasteiger partial charge >= 0.3 is 0 Å². The van der Waals surface area contributed by atoms with Crippen molar-refractivity contribution >= 4 is 16.9 Å². The lowest BCUT2D eigenvalue weighted by molar-refractivity contribution is -0.122. The van der Waals surface area contributed by atoms with E-state index in [9.17, 15) is 15.3 Å². The summed E-state index contributed by atoms with van der Waals surface area (Å²) in [5, 5.41) is 21.5. The fourth-order valence-corrected chi connectivity index (χ4v) is 3.12. The second-order valence-corrected chi connectivity index (χ2v) is 7.31. The first kappa shape index (κ1) is 19.1. The maximum atomic E-state index is 12.5. The van der Waals surface area contributed by atoms with Crippen molar-refractivity contribution in [2.24, 2.45) is 0 Å². The molecule has 0 saturated carbocycles. The summed E-state index contributed by atoms with van der Waals surface area (Å²) in [5.41, 5.74) is 3.19. The second kappa shape index (κ2) is 7.54. The highest BCUT2D eigenvalue weighted by molar-refractivity contribution is 5.84. The Kier molecular flexibility index (Phi) is 5.15. The summed E-state index contributed by atoms with van der Waals surface area (Å²) in [6, 6.07) is 17.3. The van der Waals surface area contributed by atoms with Crippen LogP contribution in [0.25, 0.3) is 11.0 Å². The average Bonchev–Trinajstić information content (AvgIpc) is 3.10. The highest BCUT2D eigenvalue weighted by atomic mass is 16.2. The van der Waals surface area contributed by atoms with Gasteiger partial charge in [0.1, 0.15) is 12.6 Å². The van der Waals surface area contributed by atoms with Crippen LogP contribution < -0.4 is 5.32 Å². The summed E-state index contributed by atoms with van der Waals surface area (Å²) in [6.45, 7) is 5.74. The molecule has 1 amide bonds. The zero-order chi connectivity index (χ0) is 20.3. The number of nitrogens with zero attached hydrogens (tertiary/aromatic N) is 4. The van der Waals surface area contributed by atoms with E-state index in [1.54, 1.807) is 23.0 Å². The highest BCUT2D eigenvalue weighted by Crippen LogP contribution is 2.24. The molecule has 0 aliphatic rings. The first-order chi connectivity index (χ1) is 13.4. The van der Waals surface area contributed by atoms with Gasteiger partial charge in [-0.2, -0.15) is 10.5 Å². The van der Waals surface area contributed by atoms with E-state index in [0.717, 1.165) is 11.1 Å². The summed E-state index contributed by atoms with van der Waals surface area (Å²) in [7, 11) is 0. The van der Waals surface area contributed by atoms with E-state index in [1.807, 2.05) is 51.1 Å². The predicted molar refractivity (Wildman–Crippen MR) is 106 cm³/mol. The monoisotopic (exact) mass is 371 g/mol. The van der Waals surface area contributed by atoms with E-state index in [1.165, 1.54) is 0 Å². The third-order valence-electron chi connectivity index (χ3n) is 4.86. The lowest BCUT2D eigenvalue weighted by Crippen LogP contribution is -2.30. The molecule has 1 atom stereocenters. The number of benzene rings is 2. The van der Waals surface area contributed by atoms with E-state index in [-0.39, 0.29) is 18.5 Å². The molecule has 28 heavy (non-hydrogen) atoms. The Bertz CT molecular complexity index is 1100. The van der Waals surface area contributed by atoms with Crippen LogP contribution in [0.1, 0.15) is 43.5 Å². The lowest BCUT2D eigenvalue weighted by atomic mass is 9.85. The quantitative estimate of drug-likeness (QED) is 0.741. The van der Waals surface area contributed by atoms with Crippen LogP contribution in [-0.4, -0.2) is 15.5 Å². The standard InChI is InChI=1S/C22H21N5O/c1-15(16-7-9-18(10-8-16)22(2,3)13-24)26-20(28)12-27-14-25-19-6-4-5-17(11-23)21(19)27/h4-10,14-15H,12H2,1-3H3,(H,26,28). The molecule has 140 valence electrons. The Morgan fingerprint density at radius 1 is 1.21 bits per heavy atom. The average molecular weight is 371 g/mol. The van der Waals surface area contributed by atoms with Gasteiger partial charge in [-0.25, -0.2) is 4.98 Å². The molecule has 1 heterocycles. The zero-order valence-electron chi connectivity index (χ0n) is 16.1. The Labute approximate surface area is 164 Å². The van der Waals surface area contributed by atoms with Gasteiger partial charge in [-0.3, -0.25) is 4.79 Å². The van der Waals surface area contributed by atoms with Gasteiger partial charge < -0.3 is 9.88 Å². The molecule has 2 aromatic carbocycles. The molecule has 0 saturated heterocycles. The molecule has 6 nitrogen and oxygen atoms in total. The molecule has 1 unspecified atom stereocenters. The van der Waals surface area contributed by atoms with Gasteiger partial charge in [-0.05, 0) is 44.0 Å². The summed E-state index contributed by atoms with van der Waals surface area (Å²) in [6.07, 6.45) is 1.58. The Morgan fingerprint density at radius 3 is 2.57 bits per heavy atom. The molecular weight excluding hydrogens is 350 g/mol. The number of rotatable bonds is 5. The molecule has 0 bridgehead atoms. The Balaban J connectivity index is 1.72. The second-order valence-electron chi connectivity index (χ2n) is 7.31. The minimum absolute atomic E-state index is 0.0824. The van der Waals surface area contributed by atoms with Crippen molar-refractivity contribution in [1.82, 2.24) is 14.9 Å².